The Hall–Kier alpha value is -3.36. The maximum absolute atomic E-state index is 12.1. The lowest BCUT2D eigenvalue weighted by Gasteiger charge is -2.26. The van der Waals surface area contributed by atoms with Crippen molar-refractivity contribution in [3.63, 3.8) is 0 Å². The van der Waals surface area contributed by atoms with Gasteiger partial charge in [-0.25, -0.2) is 14.4 Å². The van der Waals surface area contributed by atoms with Crippen molar-refractivity contribution < 1.29 is 33.4 Å². The van der Waals surface area contributed by atoms with Gasteiger partial charge in [0, 0.05) is 5.56 Å². The van der Waals surface area contributed by atoms with Crippen LogP contribution < -0.4 is 15.4 Å². The molecule has 0 spiro atoms. The summed E-state index contributed by atoms with van der Waals surface area (Å²) < 4.78 is 15.4. The van der Waals surface area contributed by atoms with E-state index in [9.17, 15) is 19.2 Å². The maximum atomic E-state index is 12.1. The predicted octanol–water partition coefficient (Wildman–Crippen LogP) is 1.33. The molecule has 2 amide bonds. The highest BCUT2D eigenvalue weighted by molar-refractivity contribution is 5.95. The smallest absolute Gasteiger partial charge is 0.344 e. The van der Waals surface area contributed by atoms with Crippen molar-refractivity contribution in [3.8, 4) is 5.75 Å². The van der Waals surface area contributed by atoms with Crippen LogP contribution in [0.1, 0.15) is 31.1 Å². The molecule has 28 heavy (non-hydrogen) atoms. The van der Waals surface area contributed by atoms with E-state index < -0.39 is 30.6 Å². The first kappa shape index (κ1) is 20.9. The van der Waals surface area contributed by atoms with Gasteiger partial charge in [0.15, 0.2) is 12.4 Å². The molecule has 1 aliphatic heterocycles. The van der Waals surface area contributed by atoms with Gasteiger partial charge in [0.05, 0.1) is 23.9 Å². The van der Waals surface area contributed by atoms with Crippen LogP contribution in [-0.4, -0.2) is 49.6 Å². The molecule has 150 valence electrons. The Morgan fingerprint density at radius 1 is 1.18 bits per heavy atom. The molecular weight excluding hydrogens is 368 g/mol. The number of esters is 2. The van der Waals surface area contributed by atoms with Gasteiger partial charge >= 0.3 is 18.0 Å². The number of carbonyl (C=O) groups excluding carboxylic acids is 4. The van der Waals surface area contributed by atoms with Gasteiger partial charge in [-0.2, -0.15) is 0 Å². The third kappa shape index (κ3) is 5.57. The summed E-state index contributed by atoms with van der Waals surface area (Å²) in [6.45, 7) is 4.17. The minimum atomic E-state index is -0.704. The molecule has 0 saturated carbocycles. The molecule has 0 saturated heterocycles. The van der Waals surface area contributed by atoms with Crippen LogP contribution in [0.25, 0.3) is 0 Å². The maximum Gasteiger partial charge on any atom is 0.344 e. The highest BCUT2D eigenvalue weighted by Crippen LogP contribution is 2.16. The third-order valence-corrected chi connectivity index (χ3v) is 3.84. The molecule has 0 radical (unpaired) electrons. The standard InChI is InChI=1S/C19H22N2O7/c1-4-26-18(24)17-11(2)20-19(25)21-15(17)9-28-16(23)10-27-14-7-5-6-13(8-14)12(3)22/h5-8,11H,4,9-10H2,1-3H3,(H2,20,21,25)/t11-/m0/s1. The molecule has 2 N–H and O–H groups in total. The lowest BCUT2D eigenvalue weighted by atomic mass is 10.0. The molecule has 1 atom stereocenters. The number of hydrogen-bond donors (Lipinski definition) is 2. The molecule has 2 rings (SSSR count). The summed E-state index contributed by atoms with van der Waals surface area (Å²) in [7, 11) is 0. The first-order valence-corrected chi connectivity index (χ1v) is 8.69. The number of hydrogen-bond acceptors (Lipinski definition) is 7. The van der Waals surface area contributed by atoms with Crippen LogP contribution in [0.3, 0.4) is 0 Å². The minimum absolute atomic E-state index is 0.123. The van der Waals surface area contributed by atoms with E-state index in [1.807, 2.05) is 0 Å². The zero-order chi connectivity index (χ0) is 20.7. The van der Waals surface area contributed by atoms with Gasteiger partial charge in [-0.1, -0.05) is 12.1 Å². The van der Waals surface area contributed by atoms with E-state index in [0.29, 0.717) is 11.3 Å². The number of nitrogens with one attached hydrogen (secondary N) is 2. The summed E-state index contributed by atoms with van der Waals surface area (Å²) in [4.78, 5) is 47.1. The van der Waals surface area contributed by atoms with Crippen LogP contribution >= 0.6 is 0 Å². The largest absolute Gasteiger partial charge is 0.482 e. The lowest BCUT2D eigenvalue weighted by Crippen LogP contribution is -2.50. The minimum Gasteiger partial charge on any atom is -0.482 e. The van der Waals surface area contributed by atoms with Crippen molar-refractivity contribution in [1.29, 1.82) is 0 Å². The van der Waals surface area contributed by atoms with Gasteiger partial charge < -0.3 is 24.8 Å². The van der Waals surface area contributed by atoms with Crippen molar-refractivity contribution in [1.82, 2.24) is 10.6 Å². The van der Waals surface area contributed by atoms with E-state index in [1.54, 1.807) is 32.0 Å². The van der Waals surface area contributed by atoms with Gasteiger partial charge in [-0.15, -0.1) is 0 Å². The number of rotatable bonds is 8. The Labute approximate surface area is 162 Å². The van der Waals surface area contributed by atoms with Gasteiger partial charge in [-0.3, -0.25) is 4.79 Å². The van der Waals surface area contributed by atoms with Gasteiger partial charge in [0.1, 0.15) is 12.4 Å². The van der Waals surface area contributed by atoms with E-state index in [0.717, 1.165) is 0 Å². The fourth-order valence-electron chi connectivity index (χ4n) is 2.53. The molecule has 1 aliphatic rings. The van der Waals surface area contributed by atoms with Crippen LogP contribution in [0, 0.1) is 0 Å². The summed E-state index contributed by atoms with van der Waals surface area (Å²) >= 11 is 0. The first-order valence-electron chi connectivity index (χ1n) is 8.69. The summed E-state index contributed by atoms with van der Waals surface area (Å²) in [5.74, 6) is -1.09. The summed E-state index contributed by atoms with van der Waals surface area (Å²) in [6, 6.07) is 5.30. The molecule has 9 heteroatoms. The first-order chi connectivity index (χ1) is 13.3. The summed E-state index contributed by atoms with van der Waals surface area (Å²) in [6.07, 6.45) is 0. The Bertz CT molecular complexity index is 816. The molecule has 0 fully saturated rings. The van der Waals surface area contributed by atoms with E-state index >= 15 is 0 Å². The van der Waals surface area contributed by atoms with Gasteiger partial charge in [-0.05, 0) is 32.9 Å². The lowest BCUT2D eigenvalue weighted by molar-refractivity contribution is -0.145. The van der Waals surface area contributed by atoms with Crippen molar-refractivity contribution in [2.45, 2.75) is 26.8 Å². The second-order valence-corrected chi connectivity index (χ2v) is 5.97. The molecule has 0 aromatic heterocycles. The topological polar surface area (TPSA) is 120 Å². The second-order valence-electron chi connectivity index (χ2n) is 5.97. The van der Waals surface area contributed by atoms with Crippen LogP contribution in [-0.2, 0) is 19.1 Å². The van der Waals surface area contributed by atoms with Crippen molar-refractivity contribution >= 4 is 23.8 Å². The molecule has 1 aromatic carbocycles. The zero-order valence-corrected chi connectivity index (χ0v) is 15.9. The zero-order valence-electron chi connectivity index (χ0n) is 15.9. The van der Waals surface area contributed by atoms with Crippen molar-refractivity contribution in [2.75, 3.05) is 19.8 Å². The monoisotopic (exact) mass is 390 g/mol. The SMILES string of the molecule is CCOC(=O)C1=C(COC(=O)COc2cccc(C(C)=O)c2)NC(=O)N[C@H]1C. The van der Waals surface area contributed by atoms with E-state index in [4.69, 9.17) is 14.2 Å². The fourth-order valence-corrected chi connectivity index (χ4v) is 2.53. The Morgan fingerprint density at radius 2 is 1.93 bits per heavy atom. The van der Waals surface area contributed by atoms with Crippen LogP contribution in [0.4, 0.5) is 4.79 Å². The van der Waals surface area contributed by atoms with Crippen LogP contribution in [0.15, 0.2) is 35.5 Å². The fraction of sp³-hybridized carbons (Fsp3) is 0.368. The van der Waals surface area contributed by atoms with E-state index in [1.165, 1.54) is 13.0 Å². The number of Topliss-reactive ketones (excluding diaryl/α,β-unsaturated/α-hetero) is 1. The van der Waals surface area contributed by atoms with Crippen LogP contribution in [0.2, 0.25) is 0 Å². The van der Waals surface area contributed by atoms with Gasteiger partial charge in [0.2, 0.25) is 0 Å². The Balaban J connectivity index is 1.98. The quantitative estimate of drug-likeness (QED) is 0.507. The average Bonchev–Trinajstić information content (AvgIpc) is 2.64. The predicted molar refractivity (Wildman–Crippen MR) is 97.7 cm³/mol. The number of amides is 2. The number of ketones is 1. The highest BCUT2D eigenvalue weighted by atomic mass is 16.6. The molecule has 0 aliphatic carbocycles. The number of benzene rings is 1. The molecule has 1 aromatic rings. The second kappa shape index (κ2) is 9.54. The molecule has 0 bridgehead atoms. The summed E-state index contributed by atoms with van der Waals surface area (Å²) in [5.41, 5.74) is 0.799. The number of urea groups is 1. The summed E-state index contributed by atoms with van der Waals surface area (Å²) in [5, 5.41) is 5.00. The van der Waals surface area contributed by atoms with Crippen LogP contribution in [0.5, 0.6) is 5.75 Å². The highest BCUT2D eigenvalue weighted by Gasteiger charge is 2.30. The Kier molecular flexibility index (Phi) is 7.14. The molecule has 1 heterocycles. The third-order valence-electron chi connectivity index (χ3n) is 3.84. The van der Waals surface area contributed by atoms with Crippen molar-refractivity contribution in [3.05, 3.63) is 41.1 Å². The molecule has 9 nitrogen and oxygen atoms in total. The molecular formula is C19H22N2O7. The average molecular weight is 390 g/mol. The number of carbonyl (C=O) groups is 4. The normalized spacial score (nSPS) is 16.0. The molecule has 0 unspecified atom stereocenters. The van der Waals surface area contributed by atoms with Gasteiger partial charge in [0.25, 0.3) is 0 Å². The Morgan fingerprint density at radius 3 is 2.61 bits per heavy atom. The number of ether oxygens (including phenoxy) is 3. The van der Waals surface area contributed by atoms with Crippen molar-refractivity contribution in [2.24, 2.45) is 0 Å². The van der Waals surface area contributed by atoms with E-state index in [-0.39, 0.29) is 30.3 Å². The van der Waals surface area contributed by atoms with E-state index in [2.05, 4.69) is 10.6 Å².